The number of para-hydroxylation sites is 1. The van der Waals surface area contributed by atoms with Gasteiger partial charge in [0.25, 0.3) is 6.71 Å². The molecule has 0 saturated carbocycles. The molecule has 0 atom stereocenters. The van der Waals surface area contributed by atoms with Crippen LogP contribution < -0.4 is 50.0 Å². The van der Waals surface area contributed by atoms with E-state index in [9.17, 15) is 0 Å². The zero-order valence-electron chi connectivity index (χ0n) is 55.4. The molecule has 18 rings (SSSR count). The van der Waals surface area contributed by atoms with Gasteiger partial charge >= 0.3 is 0 Å². The summed E-state index contributed by atoms with van der Waals surface area (Å²) in [5, 5.41) is 3.30. The van der Waals surface area contributed by atoms with Crippen LogP contribution in [-0.2, 0) is 16.2 Å². The first-order valence-corrected chi connectivity index (χ1v) is 33.7. The van der Waals surface area contributed by atoms with Crippen molar-refractivity contribution in [2.75, 3.05) is 41.1 Å². The number of fused-ring (bicyclic) bond motifs is 11. The Balaban J connectivity index is 0.923. The molecule has 0 bridgehead atoms. The Kier molecular flexibility index (Phi) is 13.0. The van der Waals surface area contributed by atoms with Gasteiger partial charge in [0.05, 0.1) is 11.4 Å². The molecule has 13 aromatic rings. The Bertz CT molecular complexity index is 5310. The van der Waals surface area contributed by atoms with Crippen LogP contribution in [0.15, 0.2) is 247 Å². The van der Waals surface area contributed by atoms with Gasteiger partial charge in [0, 0.05) is 68.3 Å². The molecular formula is C87H72BN3O5. The molecule has 1 aliphatic carbocycles. The van der Waals surface area contributed by atoms with Gasteiger partial charge in [0.15, 0.2) is 23.0 Å². The summed E-state index contributed by atoms with van der Waals surface area (Å²) in [5.74, 6) is 3.72. The van der Waals surface area contributed by atoms with Crippen molar-refractivity contribution < 1.29 is 23.4 Å². The average Bonchev–Trinajstić information content (AvgIpc) is 1.51. The van der Waals surface area contributed by atoms with Gasteiger partial charge in [-0.25, -0.2) is 0 Å². The van der Waals surface area contributed by atoms with Crippen molar-refractivity contribution in [1.82, 2.24) is 0 Å². The summed E-state index contributed by atoms with van der Waals surface area (Å²) in [7, 11) is 0. The van der Waals surface area contributed by atoms with Crippen LogP contribution in [0.4, 0.5) is 51.2 Å². The maximum absolute atomic E-state index is 6.59. The molecule has 12 aromatic carbocycles. The molecule has 0 amide bonds. The van der Waals surface area contributed by atoms with Crippen LogP contribution in [-0.4, -0.2) is 33.1 Å². The quantitative estimate of drug-likeness (QED) is 0.140. The molecule has 1 aromatic heterocycles. The van der Waals surface area contributed by atoms with E-state index in [1.165, 1.54) is 38.8 Å². The molecule has 468 valence electrons. The van der Waals surface area contributed by atoms with Crippen LogP contribution in [0.1, 0.15) is 77.6 Å². The highest BCUT2D eigenvalue weighted by Crippen LogP contribution is 2.55. The van der Waals surface area contributed by atoms with Gasteiger partial charge in [-0.15, -0.1) is 0 Å². The van der Waals surface area contributed by atoms with Crippen molar-refractivity contribution in [3.63, 3.8) is 0 Å². The van der Waals surface area contributed by atoms with E-state index in [-0.39, 0.29) is 23.0 Å². The van der Waals surface area contributed by atoms with Crippen LogP contribution in [0.25, 0.3) is 66.4 Å². The summed E-state index contributed by atoms with van der Waals surface area (Å²) in [6.07, 6.45) is 0. The van der Waals surface area contributed by atoms with E-state index < -0.39 is 0 Å². The lowest BCUT2D eigenvalue weighted by Gasteiger charge is -2.45. The molecule has 96 heavy (non-hydrogen) atoms. The molecule has 4 aliphatic heterocycles. The summed E-state index contributed by atoms with van der Waals surface area (Å²) < 4.78 is 32.4. The maximum atomic E-state index is 6.59. The smallest absolute Gasteiger partial charge is 0.252 e. The van der Waals surface area contributed by atoms with Crippen LogP contribution in [0.2, 0.25) is 0 Å². The number of hydrogen-bond acceptors (Lipinski definition) is 8. The third kappa shape index (κ3) is 9.40. The molecule has 0 fully saturated rings. The monoisotopic (exact) mass is 1250 g/mol. The standard InChI is InChI=1S/C87H72BN3O5/c1-85(2,3)61-28-22-53(23-29-61)55-15-13-16-63(43-55)90-74-45-58(54-24-30-62(31-25-54)86(4,5)6)27-36-72(74)88-73-51-82-83(95-41-40-94-82)52-75(73)91(66-34-37-79-81(50-66)93-39-38-92-79)77-49-67(48-76(90)84(77)88)89(65-33-35-69-68-17-10-11-18-70(68)87(7,8)71(69)47-65)64-32-26-56-42-60(21-20-57(56)44-64)80-46-59-14-9-12-19-78(59)96-80/h9-37,42-52H,38-41H2,1-8H3. The van der Waals surface area contributed by atoms with E-state index >= 15 is 0 Å². The second-order valence-electron chi connectivity index (χ2n) is 29.0. The van der Waals surface area contributed by atoms with Crippen molar-refractivity contribution in [2.45, 2.75) is 71.6 Å². The molecule has 9 heteroatoms. The fourth-order valence-corrected chi connectivity index (χ4v) is 15.6. The molecular weight excluding hydrogens is 1180 g/mol. The fourth-order valence-electron chi connectivity index (χ4n) is 15.6. The summed E-state index contributed by atoms with van der Waals surface area (Å²) in [6, 6.07) is 90.4. The SMILES string of the molecule is CC(C)(C)c1ccc(-c2cccc(N3c4cc(-c5ccc(C(C)(C)C)cc5)ccc4B4c5cc6c(cc5N(c5ccc7c(c5)OCCO7)c5cc(N(c7ccc8c(c7)C(C)(C)c7ccccc7-8)c7ccc8cc(-c9cc%10ccccc%10o9)ccc8c7)cc3c54)OCCO6)c2)cc1. The summed E-state index contributed by atoms with van der Waals surface area (Å²) in [4.78, 5) is 7.49. The predicted molar refractivity (Wildman–Crippen MR) is 396 cm³/mol. The van der Waals surface area contributed by atoms with Gasteiger partial charge in [-0.3, -0.25) is 0 Å². The van der Waals surface area contributed by atoms with E-state index in [4.69, 9.17) is 23.4 Å². The Morgan fingerprint density at radius 1 is 0.375 bits per heavy atom. The van der Waals surface area contributed by atoms with Crippen molar-refractivity contribution in [3.8, 4) is 67.7 Å². The van der Waals surface area contributed by atoms with Crippen molar-refractivity contribution >= 4 is 96.0 Å². The number of furan rings is 1. The lowest BCUT2D eigenvalue weighted by Crippen LogP contribution is -2.61. The minimum atomic E-state index is -0.272. The number of anilines is 9. The number of hydrogen-bond donors (Lipinski definition) is 0. The Morgan fingerprint density at radius 3 is 1.67 bits per heavy atom. The van der Waals surface area contributed by atoms with E-state index in [1.807, 2.05) is 12.1 Å². The Hall–Kier alpha value is -10.9. The first kappa shape index (κ1) is 57.7. The lowest BCUT2D eigenvalue weighted by atomic mass is 9.33. The molecule has 8 nitrogen and oxygen atoms in total. The van der Waals surface area contributed by atoms with Crippen LogP contribution in [0.3, 0.4) is 0 Å². The average molecular weight is 1250 g/mol. The summed E-state index contributed by atoms with van der Waals surface area (Å²) >= 11 is 0. The minimum Gasteiger partial charge on any atom is -0.486 e. The van der Waals surface area contributed by atoms with E-state index in [2.05, 4.69) is 301 Å². The van der Waals surface area contributed by atoms with Gasteiger partial charge in [0.1, 0.15) is 37.8 Å². The molecule has 0 N–H and O–H groups in total. The fraction of sp³-hybridized carbons (Fsp3) is 0.172. The van der Waals surface area contributed by atoms with Gasteiger partial charge in [-0.2, -0.15) is 0 Å². The zero-order chi connectivity index (χ0) is 64.9. The van der Waals surface area contributed by atoms with Gasteiger partial charge < -0.3 is 38.1 Å². The number of nitrogens with zero attached hydrogens (tertiary/aromatic N) is 3. The van der Waals surface area contributed by atoms with Crippen LogP contribution >= 0.6 is 0 Å². The molecule has 0 spiro atoms. The van der Waals surface area contributed by atoms with Crippen molar-refractivity contribution in [3.05, 3.63) is 265 Å². The Labute approximate surface area is 561 Å². The highest BCUT2D eigenvalue weighted by molar-refractivity contribution is 7.00. The normalized spacial score (nSPS) is 14.6. The number of ether oxygens (including phenoxy) is 4. The molecule has 0 radical (unpaired) electrons. The largest absolute Gasteiger partial charge is 0.486 e. The van der Waals surface area contributed by atoms with E-state index in [0.29, 0.717) is 37.9 Å². The predicted octanol–water partition coefficient (Wildman–Crippen LogP) is 20.6. The highest BCUT2D eigenvalue weighted by atomic mass is 16.6. The maximum Gasteiger partial charge on any atom is 0.252 e. The number of benzene rings is 12. The van der Waals surface area contributed by atoms with Gasteiger partial charge in [-0.05, 0) is 185 Å². The third-order valence-electron chi connectivity index (χ3n) is 20.6. The Morgan fingerprint density at radius 2 is 0.948 bits per heavy atom. The second-order valence-corrected chi connectivity index (χ2v) is 29.0. The topological polar surface area (TPSA) is 59.8 Å². The number of rotatable bonds is 8. The minimum absolute atomic E-state index is 0.0000262. The van der Waals surface area contributed by atoms with E-state index in [0.717, 1.165) is 129 Å². The summed E-state index contributed by atoms with van der Waals surface area (Å²) in [5.41, 5.74) is 26.6. The zero-order valence-corrected chi connectivity index (χ0v) is 55.4. The van der Waals surface area contributed by atoms with Gasteiger partial charge in [0.2, 0.25) is 0 Å². The lowest BCUT2D eigenvalue weighted by molar-refractivity contribution is 0.171. The van der Waals surface area contributed by atoms with Crippen LogP contribution in [0.5, 0.6) is 23.0 Å². The van der Waals surface area contributed by atoms with Crippen molar-refractivity contribution in [1.29, 1.82) is 0 Å². The first-order valence-electron chi connectivity index (χ1n) is 33.7. The van der Waals surface area contributed by atoms with Gasteiger partial charge in [-0.1, -0.05) is 195 Å². The highest BCUT2D eigenvalue weighted by Gasteiger charge is 2.46. The second kappa shape index (κ2) is 21.6. The van der Waals surface area contributed by atoms with E-state index in [1.54, 1.807) is 0 Å². The van der Waals surface area contributed by atoms with Crippen molar-refractivity contribution in [2.24, 2.45) is 0 Å². The summed E-state index contributed by atoms with van der Waals surface area (Å²) in [6.45, 7) is 20.0. The molecule has 5 heterocycles. The molecule has 0 saturated heterocycles. The first-order chi connectivity index (χ1) is 46.6. The third-order valence-corrected chi connectivity index (χ3v) is 20.6. The molecule has 0 unspecified atom stereocenters. The molecule has 5 aliphatic rings. The van der Waals surface area contributed by atoms with Crippen LogP contribution in [0, 0.1) is 0 Å².